The lowest BCUT2D eigenvalue weighted by atomic mass is 9.55. The van der Waals surface area contributed by atoms with Crippen LogP contribution in [0.25, 0.3) is 0 Å². The molecule has 6 heteroatoms. The van der Waals surface area contributed by atoms with Gasteiger partial charge in [0.25, 0.3) is 11.9 Å². The van der Waals surface area contributed by atoms with Crippen molar-refractivity contribution in [2.24, 2.45) is 17.3 Å². The second-order valence-corrected chi connectivity index (χ2v) is 8.67. The summed E-state index contributed by atoms with van der Waals surface area (Å²) in [5.74, 6) is 1.21. The highest BCUT2D eigenvalue weighted by atomic mass is 16.5. The van der Waals surface area contributed by atoms with E-state index in [2.05, 4.69) is 25.2 Å². The fraction of sp³-hybridized carbons (Fsp3) is 0.583. The zero-order valence-corrected chi connectivity index (χ0v) is 17.9. The minimum atomic E-state index is -0.833. The summed E-state index contributed by atoms with van der Waals surface area (Å²) in [5.41, 5.74) is 3.07. The van der Waals surface area contributed by atoms with E-state index in [4.69, 9.17) is 31.0 Å². The van der Waals surface area contributed by atoms with Gasteiger partial charge in [-0.1, -0.05) is 19.4 Å². The molecule has 3 N–H and O–H groups in total. The molecule has 0 bridgehead atoms. The molecule has 0 spiro atoms. The number of carboxylic acids is 2. The van der Waals surface area contributed by atoms with Gasteiger partial charge >= 0.3 is 0 Å². The number of fused-ring (bicyclic) bond motifs is 5. The van der Waals surface area contributed by atoms with Crippen molar-refractivity contribution in [3.63, 3.8) is 0 Å². The molecule has 2 fully saturated rings. The molecular weight excluding hydrogens is 384 g/mol. The molecule has 6 nitrogen and oxygen atoms in total. The topological polar surface area (TPSA) is 104 Å². The molecule has 0 saturated heterocycles. The summed E-state index contributed by atoms with van der Waals surface area (Å²) in [6.07, 6.45) is 14.3. The summed E-state index contributed by atoms with van der Waals surface area (Å²) < 4.78 is 5.20. The minimum absolute atomic E-state index is 0.0914. The number of rotatable bonds is 1. The largest absolute Gasteiger partial charge is 0.481 e. The number of ether oxygens (including phenoxy) is 1. The Bertz CT molecular complexity index is 790. The molecular formula is C24H32O6. The third-order valence-electron chi connectivity index (χ3n) is 6.82. The molecule has 0 amide bonds. The molecule has 30 heavy (non-hydrogen) atoms. The Hall–Kier alpha value is -2.52. The summed E-state index contributed by atoms with van der Waals surface area (Å²) in [5, 5.41) is 25.3. The Morgan fingerprint density at radius 1 is 1.13 bits per heavy atom. The van der Waals surface area contributed by atoms with Gasteiger partial charge in [-0.05, 0) is 85.0 Å². The summed E-state index contributed by atoms with van der Waals surface area (Å²) in [7, 11) is 0. The normalized spacial score (nSPS) is 30.5. The van der Waals surface area contributed by atoms with Gasteiger partial charge in [-0.25, -0.2) is 0 Å². The molecule has 4 rings (SSSR count). The van der Waals surface area contributed by atoms with Gasteiger partial charge in [0.05, 0.1) is 6.10 Å². The first-order chi connectivity index (χ1) is 14.1. The molecule has 2 saturated carbocycles. The van der Waals surface area contributed by atoms with Gasteiger partial charge in [-0.3, -0.25) is 9.59 Å². The second kappa shape index (κ2) is 9.99. The monoisotopic (exact) mass is 416 g/mol. The van der Waals surface area contributed by atoms with Crippen LogP contribution < -0.4 is 4.74 Å². The maximum Gasteiger partial charge on any atom is 0.300 e. The van der Waals surface area contributed by atoms with Crippen LogP contribution in [0.3, 0.4) is 0 Å². The van der Waals surface area contributed by atoms with Crippen molar-refractivity contribution < 1.29 is 29.6 Å². The van der Waals surface area contributed by atoms with Crippen LogP contribution >= 0.6 is 0 Å². The maximum atomic E-state index is 10.4. The van der Waals surface area contributed by atoms with Crippen molar-refractivity contribution in [1.29, 1.82) is 0 Å². The zero-order chi connectivity index (χ0) is 22.5. The summed E-state index contributed by atoms with van der Waals surface area (Å²) in [4.78, 5) is 18.0. The lowest BCUT2D eigenvalue weighted by Crippen LogP contribution is -2.43. The van der Waals surface area contributed by atoms with E-state index in [1.54, 1.807) is 0 Å². The van der Waals surface area contributed by atoms with Gasteiger partial charge in [-0.2, -0.15) is 0 Å². The van der Waals surface area contributed by atoms with E-state index in [-0.39, 0.29) is 11.5 Å². The Balaban J connectivity index is 0.000000347. The number of carboxylic acid groups (broad SMARTS) is 2. The van der Waals surface area contributed by atoms with Crippen molar-refractivity contribution in [3.8, 4) is 18.3 Å². The third kappa shape index (κ3) is 5.34. The number of aryl methyl sites for hydroxylation is 1. The standard InChI is InChI=1S/C20H24O2.2C2H4O2/c1-3-22-14-5-7-15-13(12-14)4-6-17-16(15)10-11-20(2)18(17)8-9-19(20)21;2*1-2(3)4/h1,5,7,12,16-19,21H,4,6,8-11H2,2H3;2*1H3,(H,3,4)/t16-,17-,18+,19+,20+;;/m1../s1. The SMILES string of the molecule is C#COc1ccc2c(c1)CC[C@@H]1[C@@H]2CC[C@]2(C)[C@@H](O)CC[C@@H]12.CC(=O)O.CC(=O)O. The van der Waals surface area contributed by atoms with Gasteiger partial charge in [0.2, 0.25) is 0 Å². The molecule has 164 valence electrons. The average molecular weight is 417 g/mol. The zero-order valence-electron chi connectivity index (χ0n) is 17.9. The van der Waals surface area contributed by atoms with Crippen molar-refractivity contribution in [2.45, 2.75) is 71.3 Å². The number of aliphatic hydroxyl groups excluding tert-OH is 1. The van der Waals surface area contributed by atoms with E-state index >= 15 is 0 Å². The van der Waals surface area contributed by atoms with E-state index in [1.807, 2.05) is 6.07 Å². The molecule has 1 aromatic rings. The molecule has 0 unspecified atom stereocenters. The van der Waals surface area contributed by atoms with Gasteiger partial charge in [0.1, 0.15) is 11.9 Å². The highest BCUT2D eigenvalue weighted by Gasteiger charge is 2.54. The van der Waals surface area contributed by atoms with Crippen LogP contribution in [0.5, 0.6) is 5.75 Å². The lowest BCUT2D eigenvalue weighted by Gasteiger charge is -2.50. The number of carbonyl (C=O) groups is 2. The number of hydrogen-bond donors (Lipinski definition) is 3. The fourth-order valence-corrected chi connectivity index (χ4v) is 5.66. The Kier molecular flexibility index (Phi) is 7.91. The van der Waals surface area contributed by atoms with Crippen LogP contribution in [0, 0.1) is 29.8 Å². The molecule has 5 atom stereocenters. The van der Waals surface area contributed by atoms with Crippen LogP contribution in [0.1, 0.15) is 69.9 Å². The molecule has 0 aliphatic heterocycles. The number of terminal acetylenes is 1. The first-order valence-electron chi connectivity index (χ1n) is 10.4. The first-order valence-corrected chi connectivity index (χ1v) is 10.4. The smallest absolute Gasteiger partial charge is 0.300 e. The molecule has 3 aliphatic rings. The van der Waals surface area contributed by atoms with E-state index in [9.17, 15) is 5.11 Å². The lowest BCUT2D eigenvalue weighted by molar-refractivity contribution is -0.135. The van der Waals surface area contributed by atoms with E-state index < -0.39 is 11.9 Å². The second-order valence-electron chi connectivity index (χ2n) is 8.67. The van der Waals surface area contributed by atoms with Crippen molar-refractivity contribution in [2.75, 3.05) is 0 Å². The molecule has 0 heterocycles. The quantitative estimate of drug-likeness (QED) is 0.597. The number of benzene rings is 1. The van der Waals surface area contributed by atoms with Crippen LogP contribution in [0.15, 0.2) is 18.2 Å². The van der Waals surface area contributed by atoms with Crippen molar-refractivity contribution in [1.82, 2.24) is 0 Å². The number of aliphatic carboxylic acids is 2. The first kappa shape index (κ1) is 23.8. The average Bonchev–Trinajstić information content (AvgIpc) is 2.96. The predicted molar refractivity (Wildman–Crippen MR) is 113 cm³/mol. The predicted octanol–water partition coefficient (Wildman–Crippen LogP) is 4.05. The molecule has 0 radical (unpaired) electrons. The minimum Gasteiger partial charge on any atom is -0.481 e. The highest BCUT2D eigenvalue weighted by molar-refractivity contribution is 5.63. The van der Waals surface area contributed by atoms with Gasteiger partial charge in [-0.15, -0.1) is 0 Å². The van der Waals surface area contributed by atoms with Crippen molar-refractivity contribution in [3.05, 3.63) is 29.3 Å². The van der Waals surface area contributed by atoms with Crippen LogP contribution in [0.4, 0.5) is 0 Å². The fourth-order valence-electron chi connectivity index (χ4n) is 5.66. The Labute approximate surface area is 178 Å². The summed E-state index contributed by atoms with van der Waals surface area (Å²) in [6.45, 7) is 4.49. The van der Waals surface area contributed by atoms with Crippen LogP contribution in [-0.4, -0.2) is 33.4 Å². The third-order valence-corrected chi connectivity index (χ3v) is 6.82. The maximum absolute atomic E-state index is 10.4. The molecule has 0 aromatic heterocycles. The Morgan fingerprint density at radius 3 is 2.37 bits per heavy atom. The van der Waals surface area contributed by atoms with E-state index in [1.165, 1.54) is 30.4 Å². The van der Waals surface area contributed by atoms with Crippen LogP contribution in [-0.2, 0) is 16.0 Å². The summed E-state index contributed by atoms with van der Waals surface area (Å²) >= 11 is 0. The van der Waals surface area contributed by atoms with Gasteiger partial charge in [0.15, 0.2) is 0 Å². The van der Waals surface area contributed by atoms with E-state index in [0.29, 0.717) is 11.8 Å². The number of hydrogen-bond acceptors (Lipinski definition) is 4. The van der Waals surface area contributed by atoms with Crippen LogP contribution in [0.2, 0.25) is 0 Å². The molecule has 1 aromatic carbocycles. The molecule has 3 aliphatic carbocycles. The summed E-state index contributed by atoms with van der Waals surface area (Å²) in [6, 6.07) is 6.37. The Morgan fingerprint density at radius 2 is 1.77 bits per heavy atom. The van der Waals surface area contributed by atoms with E-state index in [0.717, 1.165) is 44.8 Å². The van der Waals surface area contributed by atoms with Crippen molar-refractivity contribution >= 4 is 11.9 Å². The van der Waals surface area contributed by atoms with Gasteiger partial charge in [0, 0.05) is 13.8 Å². The van der Waals surface area contributed by atoms with Gasteiger partial charge < -0.3 is 20.1 Å². The number of aliphatic hydroxyl groups is 1. The highest BCUT2D eigenvalue weighted by Crippen LogP contribution is 2.60.